The van der Waals surface area contributed by atoms with Crippen LogP contribution in [0.5, 0.6) is 0 Å². The number of carbonyl (C=O) groups excluding carboxylic acids is 3. The summed E-state index contributed by atoms with van der Waals surface area (Å²) in [6, 6.07) is 5.56. The first-order valence-electron chi connectivity index (χ1n) is 8.05. The fourth-order valence-electron chi connectivity index (χ4n) is 2.44. The van der Waals surface area contributed by atoms with Crippen LogP contribution in [-0.2, 0) is 31.9 Å². The van der Waals surface area contributed by atoms with Crippen molar-refractivity contribution >= 4 is 29.7 Å². The van der Waals surface area contributed by atoms with Crippen molar-refractivity contribution in [3.05, 3.63) is 29.3 Å². The van der Waals surface area contributed by atoms with Crippen LogP contribution < -0.4 is 10.6 Å². The van der Waals surface area contributed by atoms with Crippen molar-refractivity contribution in [2.75, 3.05) is 32.6 Å². The highest BCUT2D eigenvalue weighted by Gasteiger charge is 2.13. The van der Waals surface area contributed by atoms with Crippen LogP contribution in [-0.4, -0.2) is 50.5 Å². The highest BCUT2D eigenvalue weighted by atomic mass is 32.2. The van der Waals surface area contributed by atoms with Gasteiger partial charge in [0.25, 0.3) is 5.91 Å². The first-order valence-corrected chi connectivity index (χ1v) is 9.04. The number of nitrogens with one attached hydrogen (secondary N) is 2. The number of hydrogen-bond donors (Lipinski definition) is 2. The van der Waals surface area contributed by atoms with Gasteiger partial charge in [0.15, 0.2) is 6.61 Å². The average Bonchev–Trinajstić information content (AvgIpc) is 3.06. The molecule has 0 unspecified atom stereocenters. The summed E-state index contributed by atoms with van der Waals surface area (Å²) in [5.41, 5.74) is 2.73. The molecular formula is C17H22N2O5S. The van der Waals surface area contributed by atoms with Crippen molar-refractivity contribution in [1.82, 2.24) is 10.6 Å². The lowest BCUT2D eigenvalue weighted by Crippen LogP contribution is -2.42. The number of amides is 3. The molecule has 0 saturated heterocycles. The summed E-state index contributed by atoms with van der Waals surface area (Å²) in [5.74, 6) is -1.06. The van der Waals surface area contributed by atoms with Gasteiger partial charge in [-0.1, -0.05) is 6.07 Å². The fourth-order valence-corrected chi connectivity index (χ4v) is 3.20. The molecule has 7 nitrogen and oxygen atoms in total. The molecule has 0 spiro atoms. The lowest BCUT2D eigenvalue weighted by Gasteiger charge is -2.07. The molecule has 1 aliphatic rings. The minimum Gasteiger partial charge on any atom is -0.455 e. The fraction of sp³-hybridized carbons (Fsp3) is 0.471. The minimum atomic E-state index is -0.675. The lowest BCUT2D eigenvalue weighted by molar-refractivity contribution is -0.145. The number of carbonyl (C=O) groups is 3. The molecule has 0 fully saturated rings. The predicted molar refractivity (Wildman–Crippen MR) is 93.6 cm³/mol. The van der Waals surface area contributed by atoms with E-state index in [1.54, 1.807) is 0 Å². The van der Waals surface area contributed by atoms with Crippen molar-refractivity contribution in [2.45, 2.75) is 24.2 Å². The number of rotatable bonds is 8. The number of imide groups is 1. The van der Waals surface area contributed by atoms with E-state index in [0.29, 0.717) is 6.61 Å². The third-order valence-electron chi connectivity index (χ3n) is 3.64. The molecule has 8 heteroatoms. The number of thioether (sulfide) groups is 1. The third-order valence-corrected chi connectivity index (χ3v) is 4.60. The van der Waals surface area contributed by atoms with E-state index in [4.69, 9.17) is 9.47 Å². The molecule has 1 aromatic carbocycles. The molecule has 0 radical (unpaired) electrons. The maximum absolute atomic E-state index is 11.7. The Morgan fingerprint density at radius 1 is 1.20 bits per heavy atom. The van der Waals surface area contributed by atoms with Crippen LogP contribution >= 0.6 is 11.8 Å². The number of urea groups is 1. The molecule has 136 valence electrons. The molecule has 25 heavy (non-hydrogen) atoms. The summed E-state index contributed by atoms with van der Waals surface area (Å²) in [4.78, 5) is 35.6. The SMILES string of the molecule is COCCNC(=O)NC(=O)COC(=O)CSc1ccc2c(c1)CCC2. The van der Waals surface area contributed by atoms with Crippen molar-refractivity contribution < 1.29 is 23.9 Å². The van der Waals surface area contributed by atoms with E-state index in [-0.39, 0.29) is 12.3 Å². The summed E-state index contributed by atoms with van der Waals surface area (Å²) < 4.78 is 9.63. The maximum Gasteiger partial charge on any atom is 0.321 e. The molecule has 0 bridgehead atoms. The molecule has 0 aliphatic heterocycles. The van der Waals surface area contributed by atoms with Gasteiger partial charge in [-0.05, 0) is 42.5 Å². The van der Waals surface area contributed by atoms with E-state index in [1.807, 2.05) is 6.07 Å². The van der Waals surface area contributed by atoms with E-state index in [9.17, 15) is 14.4 Å². The Kier molecular flexibility index (Phi) is 7.75. The van der Waals surface area contributed by atoms with E-state index >= 15 is 0 Å². The van der Waals surface area contributed by atoms with Crippen molar-refractivity contribution in [1.29, 1.82) is 0 Å². The second-order valence-electron chi connectivity index (χ2n) is 5.53. The van der Waals surface area contributed by atoms with Gasteiger partial charge in [0.05, 0.1) is 12.4 Å². The number of benzene rings is 1. The van der Waals surface area contributed by atoms with Crippen LogP contribution in [0, 0.1) is 0 Å². The Bertz CT molecular complexity index is 635. The Morgan fingerprint density at radius 3 is 2.80 bits per heavy atom. The van der Waals surface area contributed by atoms with Gasteiger partial charge in [0.2, 0.25) is 0 Å². The molecular weight excluding hydrogens is 344 g/mol. The topological polar surface area (TPSA) is 93.7 Å². The number of fused-ring (bicyclic) bond motifs is 1. The van der Waals surface area contributed by atoms with Gasteiger partial charge < -0.3 is 14.8 Å². The van der Waals surface area contributed by atoms with Crippen LogP contribution in [0.1, 0.15) is 17.5 Å². The molecule has 0 atom stereocenters. The van der Waals surface area contributed by atoms with Gasteiger partial charge in [0.1, 0.15) is 0 Å². The second kappa shape index (κ2) is 10.0. The standard InChI is InChI=1S/C17H22N2O5S/c1-23-8-7-18-17(22)19-15(20)10-24-16(21)11-25-14-6-5-12-3-2-4-13(12)9-14/h5-6,9H,2-4,7-8,10-11H2,1H3,(H2,18,19,20,22). The highest BCUT2D eigenvalue weighted by molar-refractivity contribution is 8.00. The Labute approximate surface area is 150 Å². The summed E-state index contributed by atoms with van der Waals surface area (Å²) in [7, 11) is 1.50. The van der Waals surface area contributed by atoms with E-state index in [1.165, 1.54) is 36.4 Å². The van der Waals surface area contributed by atoms with Crippen LogP contribution in [0.25, 0.3) is 0 Å². The zero-order chi connectivity index (χ0) is 18.1. The Hall–Kier alpha value is -2.06. The number of methoxy groups -OCH3 is 1. The molecule has 2 N–H and O–H groups in total. The van der Waals surface area contributed by atoms with Gasteiger partial charge in [-0.3, -0.25) is 14.9 Å². The zero-order valence-corrected chi connectivity index (χ0v) is 14.9. The van der Waals surface area contributed by atoms with Crippen molar-refractivity contribution in [3.63, 3.8) is 0 Å². The molecule has 1 aliphatic carbocycles. The largest absolute Gasteiger partial charge is 0.455 e. The van der Waals surface area contributed by atoms with Gasteiger partial charge in [-0.2, -0.15) is 0 Å². The van der Waals surface area contributed by atoms with Crippen LogP contribution in [0.2, 0.25) is 0 Å². The molecule has 2 rings (SSSR count). The normalized spacial score (nSPS) is 12.4. The Morgan fingerprint density at radius 2 is 2.00 bits per heavy atom. The Balaban J connectivity index is 1.63. The second-order valence-corrected chi connectivity index (χ2v) is 6.58. The first-order chi connectivity index (χ1) is 12.1. The minimum absolute atomic E-state index is 0.117. The monoisotopic (exact) mass is 366 g/mol. The van der Waals surface area contributed by atoms with Crippen molar-refractivity contribution in [3.8, 4) is 0 Å². The smallest absolute Gasteiger partial charge is 0.321 e. The summed E-state index contributed by atoms with van der Waals surface area (Å²) in [6.07, 6.45) is 3.39. The van der Waals surface area contributed by atoms with Gasteiger partial charge in [-0.25, -0.2) is 4.79 Å². The molecule has 0 saturated carbocycles. The highest BCUT2D eigenvalue weighted by Crippen LogP contribution is 2.27. The predicted octanol–water partition coefficient (Wildman–Crippen LogP) is 1.28. The van der Waals surface area contributed by atoms with E-state index in [2.05, 4.69) is 22.8 Å². The number of esters is 1. The summed E-state index contributed by atoms with van der Waals surface area (Å²) in [6.45, 7) is 0.143. The van der Waals surface area contributed by atoms with Crippen LogP contribution in [0.3, 0.4) is 0 Å². The lowest BCUT2D eigenvalue weighted by atomic mass is 10.1. The number of hydrogen-bond acceptors (Lipinski definition) is 6. The molecule has 1 aromatic rings. The van der Waals surface area contributed by atoms with E-state index in [0.717, 1.165) is 17.7 Å². The van der Waals surface area contributed by atoms with Gasteiger partial charge in [-0.15, -0.1) is 11.8 Å². The summed E-state index contributed by atoms with van der Waals surface area (Å²) >= 11 is 1.37. The van der Waals surface area contributed by atoms with E-state index < -0.39 is 24.5 Å². The third kappa shape index (κ3) is 6.75. The van der Waals surface area contributed by atoms with Crippen LogP contribution in [0.4, 0.5) is 4.79 Å². The van der Waals surface area contributed by atoms with Crippen LogP contribution in [0.15, 0.2) is 23.1 Å². The quantitative estimate of drug-likeness (QED) is 0.409. The molecule has 3 amide bonds. The maximum atomic E-state index is 11.7. The summed E-state index contributed by atoms with van der Waals surface area (Å²) in [5, 5.41) is 4.50. The van der Waals surface area contributed by atoms with Gasteiger partial charge in [0, 0.05) is 18.6 Å². The first kappa shape index (κ1) is 19.3. The zero-order valence-electron chi connectivity index (χ0n) is 14.1. The van der Waals surface area contributed by atoms with Crippen molar-refractivity contribution in [2.24, 2.45) is 0 Å². The molecule has 0 aromatic heterocycles. The average molecular weight is 366 g/mol. The molecule has 0 heterocycles. The number of aryl methyl sites for hydroxylation is 2. The number of ether oxygens (including phenoxy) is 2. The van der Waals surface area contributed by atoms with Gasteiger partial charge >= 0.3 is 12.0 Å².